The van der Waals surface area contributed by atoms with Gasteiger partial charge in [-0.2, -0.15) is 0 Å². The number of aromatic nitrogens is 1. The molecule has 1 heterocycles. The second-order valence-electron chi connectivity index (χ2n) is 4.80. The Morgan fingerprint density at radius 3 is 2.81 bits per heavy atom. The van der Waals surface area contributed by atoms with Gasteiger partial charge in [-0.3, -0.25) is 4.79 Å². The van der Waals surface area contributed by atoms with E-state index in [9.17, 15) is 4.79 Å². The molecule has 3 rings (SSSR count). The Hall–Kier alpha value is -2.07. The molecule has 21 heavy (non-hydrogen) atoms. The monoisotopic (exact) mass is 343 g/mol. The van der Waals surface area contributed by atoms with Crippen LogP contribution in [0.15, 0.2) is 59.2 Å². The summed E-state index contributed by atoms with van der Waals surface area (Å²) in [5.41, 5.74) is 1.74. The van der Waals surface area contributed by atoms with E-state index in [1.807, 2.05) is 59.3 Å². The summed E-state index contributed by atoms with van der Waals surface area (Å²) in [7, 11) is 1.65. The van der Waals surface area contributed by atoms with Crippen LogP contribution in [-0.4, -0.2) is 17.5 Å². The Morgan fingerprint density at radius 2 is 2.05 bits per heavy atom. The van der Waals surface area contributed by atoms with Crippen LogP contribution in [0, 0.1) is 0 Å². The molecule has 0 saturated carbocycles. The van der Waals surface area contributed by atoms with Gasteiger partial charge in [0.1, 0.15) is 5.75 Å². The van der Waals surface area contributed by atoms with Gasteiger partial charge in [0.05, 0.1) is 13.7 Å². The summed E-state index contributed by atoms with van der Waals surface area (Å²) in [5, 5.41) is 1.07. The number of fused-ring (bicyclic) bond motifs is 1. The van der Waals surface area contributed by atoms with E-state index in [0.717, 1.165) is 21.1 Å². The molecule has 0 aliphatic carbocycles. The zero-order valence-electron chi connectivity index (χ0n) is 11.5. The largest absolute Gasteiger partial charge is 0.497 e. The molecule has 4 heteroatoms. The number of Topliss-reactive ketones (excluding diaryl/α,β-unsaturated/α-hetero) is 1. The molecule has 0 amide bonds. The van der Waals surface area contributed by atoms with Gasteiger partial charge in [-0.1, -0.05) is 28.1 Å². The number of hydrogen-bond donors (Lipinski definition) is 0. The molecule has 3 nitrogen and oxygen atoms in total. The van der Waals surface area contributed by atoms with E-state index in [0.29, 0.717) is 12.1 Å². The highest BCUT2D eigenvalue weighted by Crippen LogP contribution is 2.22. The third kappa shape index (κ3) is 2.85. The summed E-state index contributed by atoms with van der Waals surface area (Å²) in [6, 6.07) is 15.3. The predicted molar refractivity (Wildman–Crippen MR) is 87.0 cm³/mol. The van der Waals surface area contributed by atoms with Crippen LogP contribution in [0.1, 0.15) is 10.4 Å². The average molecular weight is 344 g/mol. The smallest absolute Gasteiger partial charge is 0.182 e. The Morgan fingerprint density at radius 1 is 1.19 bits per heavy atom. The van der Waals surface area contributed by atoms with Gasteiger partial charge in [0.2, 0.25) is 0 Å². The highest BCUT2D eigenvalue weighted by Gasteiger charge is 2.09. The SMILES string of the molecule is COc1ccc2c(ccn2CC(=O)c2cccc(Br)c2)c1. The van der Waals surface area contributed by atoms with Gasteiger partial charge in [-0.05, 0) is 36.4 Å². The van der Waals surface area contributed by atoms with Gasteiger partial charge >= 0.3 is 0 Å². The fourth-order valence-electron chi connectivity index (χ4n) is 2.35. The van der Waals surface area contributed by atoms with Gasteiger partial charge in [-0.25, -0.2) is 0 Å². The molecule has 3 aromatic rings. The normalized spacial score (nSPS) is 10.8. The van der Waals surface area contributed by atoms with Crippen molar-refractivity contribution in [1.82, 2.24) is 4.57 Å². The lowest BCUT2D eigenvalue weighted by Gasteiger charge is -2.06. The van der Waals surface area contributed by atoms with Gasteiger partial charge in [-0.15, -0.1) is 0 Å². The van der Waals surface area contributed by atoms with Gasteiger partial charge < -0.3 is 9.30 Å². The number of benzene rings is 2. The molecule has 2 aromatic carbocycles. The van der Waals surface area contributed by atoms with Gasteiger partial charge in [0.15, 0.2) is 5.78 Å². The molecule has 0 atom stereocenters. The molecular weight excluding hydrogens is 330 g/mol. The van der Waals surface area contributed by atoms with Crippen molar-refractivity contribution in [3.8, 4) is 5.75 Å². The Bertz CT molecular complexity index is 807. The van der Waals surface area contributed by atoms with Crippen LogP contribution in [0.5, 0.6) is 5.75 Å². The molecule has 0 radical (unpaired) electrons. The fourth-order valence-corrected chi connectivity index (χ4v) is 2.75. The van der Waals surface area contributed by atoms with Crippen molar-refractivity contribution in [1.29, 1.82) is 0 Å². The molecule has 0 aliphatic rings. The van der Waals surface area contributed by atoms with E-state index in [4.69, 9.17) is 4.74 Å². The number of ketones is 1. The lowest BCUT2D eigenvalue weighted by atomic mass is 10.1. The molecule has 0 N–H and O–H groups in total. The van der Waals surface area contributed by atoms with Gasteiger partial charge in [0.25, 0.3) is 0 Å². The van der Waals surface area contributed by atoms with Gasteiger partial charge in [0, 0.05) is 27.1 Å². The second kappa shape index (κ2) is 5.74. The number of rotatable bonds is 4. The van der Waals surface area contributed by atoms with E-state index in [2.05, 4.69) is 15.9 Å². The quantitative estimate of drug-likeness (QED) is 0.661. The maximum absolute atomic E-state index is 12.4. The number of nitrogens with zero attached hydrogens (tertiary/aromatic N) is 1. The van der Waals surface area contributed by atoms with E-state index in [1.54, 1.807) is 7.11 Å². The van der Waals surface area contributed by atoms with Crippen molar-refractivity contribution in [2.75, 3.05) is 7.11 Å². The summed E-state index contributed by atoms with van der Waals surface area (Å²) in [6.07, 6.45) is 1.93. The van der Waals surface area contributed by atoms with Crippen molar-refractivity contribution in [2.45, 2.75) is 6.54 Å². The van der Waals surface area contributed by atoms with Crippen molar-refractivity contribution in [3.63, 3.8) is 0 Å². The van der Waals surface area contributed by atoms with Crippen LogP contribution in [0.25, 0.3) is 10.9 Å². The maximum atomic E-state index is 12.4. The molecule has 1 aromatic heterocycles. The maximum Gasteiger partial charge on any atom is 0.182 e. The van der Waals surface area contributed by atoms with Crippen LogP contribution in [0.4, 0.5) is 0 Å². The topological polar surface area (TPSA) is 31.2 Å². The lowest BCUT2D eigenvalue weighted by Crippen LogP contribution is -2.09. The minimum Gasteiger partial charge on any atom is -0.497 e. The number of ether oxygens (including phenoxy) is 1. The third-order valence-corrected chi connectivity index (χ3v) is 3.93. The van der Waals surface area contributed by atoms with Crippen molar-refractivity contribution in [3.05, 3.63) is 64.8 Å². The second-order valence-corrected chi connectivity index (χ2v) is 5.72. The molecule has 0 bridgehead atoms. The number of methoxy groups -OCH3 is 1. The van der Waals surface area contributed by atoms with Crippen molar-refractivity contribution < 1.29 is 9.53 Å². The summed E-state index contributed by atoms with van der Waals surface area (Å²) in [4.78, 5) is 12.4. The number of carbonyl (C=O) groups excluding carboxylic acids is 1. The minimum atomic E-state index is 0.0876. The first-order chi connectivity index (χ1) is 10.2. The molecule has 0 spiro atoms. The summed E-state index contributed by atoms with van der Waals surface area (Å²) < 4.78 is 8.08. The number of hydrogen-bond acceptors (Lipinski definition) is 2. The standard InChI is InChI=1S/C17H14BrNO2/c1-21-15-5-6-16-12(10-15)7-8-19(16)11-17(20)13-3-2-4-14(18)9-13/h2-10H,11H2,1H3. The first-order valence-corrected chi connectivity index (χ1v) is 7.38. The van der Waals surface area contributed by atoms with E-state index in [1.165, 1.54) is 0 Å². The molecule has 0 aliphatic heterocycles. The van der Waals surface area contributed by atoms with Crippen LogP contribution < -0.4 is 4.74 Å². The molecule has 0 fully saturated rings. The van der Waals surface area contributed by atoms with E-state index >= 15 is 0 Å². The van der Waals surface area contributed by atoms with E-state index < -0.39 is 0 Å². The first-order valence-electron chi connectivity index (χ1n) is 6.59. The van der Waals surface area contributed by atoms with Crippen molar-refractivity contribution in [2.24, 2.45) is 0 Å². The number of halogens is 1. The van der Waals surface area contributed by atoms with Crippen LogP contribution in [0.2, 0.25) is 0 Å². The summed E-state index contributed by atoms with van der Waals surface area (Å²) in [5.74, 6) is 0.906. The highest BCUT2D eigenvalue weighted by atomic mass is 79.9. The van der Waals surface area contributed by atoms with Crippen LogP contribution >= 0.6 is 15.9 Å². The molecular formula is C17H14BrNO2. The lowest BCUT2D eigenvalue weighted by molar-refractivity contribution is 0.0973. The zero-order valence-corrected chi connectivity index (χ0v) is 13.1. The first kappa shape index (κ1) is 13.9. The molecule has 0 saturated heterocycles. The molecule has 0 unspecified atom stereocenters. The third-order valence-electron chi connectivity index (χ3n) is 3.44. The minimum absolute atomic E-state index is 0.0876. The Balaban J connectivity index is 1.89. The zero-order chi connectivity index (χ0) is 14.8. The fraction of sp³-hybridized carbons (Fsp3) is 0.118. The predicted octanol–water partition coefficient (Wildman–Crippen LogP) is 4.30. The van der Waals surface area contributed by atoms with Crippen LogP contribution in [0.3, 0.4) is 0 Å². The van der Waals surface area contributed by atoms with E-state index in [-0.39, 0.29) is 5.78 Å². The Kier molecular flexibility index (Phi) is 3.80. The number of carbonyl (C=O) groups is 1. The average Bonchev–Trinajstić information content (AvgIpc) is 2.89. The Labute approximate surface area is 131 Å². The van der Waals surface area contributed by atoms with Crippen LogP contribution in [-0.2, 0) is 6.54 Å². The molecule has 106 valence electrons. The summed E-state index contributed by atoms with van der Waals surface area (Å²) in [6.45, 7) is 0.326. The van der Waals surface area contributed by atoms with Crippen molar-refractivity contribution >= 4 is 32.6 Å². The summed E-state index contributed by atoms with van der Waals surface area (Å²) >= 11 is 3.39. The highest BCUT2D eigenvalue weighted by molar-refractivity contribution is 9.10.